The van der Waals surface area contributed by atoms with Gasteiger partial charge < -0.3 is 5.11 Å². The van der Waals surface area contributed by atoms with Crippen LogP contribution in [0.3, 0.4) is 0 Å². The molecule has 0 radical (unpaired) electrons. The largest absolute Gasteiger partial charge is 0.390 e. The quantitative estimate of drug-likeness (QED) is 0.887. The first kappa shape index (κ1) is 13.1. The van der Waals surface area contributed by atoms with Crippen molar-refractivity contribution in [3.05, 3.63) is 29.6 Å². The summed E-state index contributed by atoms with van der Waals surface area (Å²) in [7, 11) is 0. The zero-order valence-electron chi connectivity index (χ0n) is 11.8. The van der Waals surface area contributed by atoms with Crippen molar-refractivity contribution < 1.29 is 5.11 Å². The van der Waals surface area contributed by atoms with Gasteiger partial charge in [0.15, 0.2) is 0 Å². The van der Waals surface area contributed by atoms with E-state index in [-0.39, 0.29) is 5.60 Å². The maximum Gasteiger partial charge on any atom is 0.0700 e. The third kappa shape index (κ3) is 2.67. The second kappa shape index (κ2) is 5.22. The van der Waals surface area contributed by atoms with E-state index in [2.05, 4.69) is 22.9 Å². The predicted molar refractivity (Wildman–Crippen MR) is 75.8 cm³/mol. The van der Waals surface area contributed by atoms with Gasteiger partial charge >= 0.3 is 0 Å². The van der Waals surface area contributed by atoms with Crippen molar-refractivity contribution in [2.75, 3.05) is 13.1 Å². The molecule has 3 rings (SSSR count). The molecular formula is C16H24N2O. The van der Waals surface area contributed by atoms with Crippen molar-refractivity contribution in [2.45, 2.75) is 51.2 Å². The summed E-state index contributed by atoms with van der Waals surface area (Å²) in [5.74, 6) is 0.471. The summed E-state index contributed by atoms with van der Waals surface area (Å²) in [6, 6.07) is 4.12. The van der Waals surface area contributed by atoms with Crippen LogP contribution in [0.25, 0.3) is 0 Å². The molecule has 104 valence electrons. The van der Waals surface area contributed by atoms with Crippen LogP contribution < -0.4 is 0 Å². The topological polar surface area (TPSA) is 36.4 Å². The number of piperidine rings is 1. The summed E-state index contributed by atoms with van der Waals surface area (Å²) >= 11 is 0. The van der Waals surface area contributed by atoms with Crippen molar-refractivity contribution in [2.24, 2.45) is 5.92 Å². The maximum absolute atomic E-state index is 10.7. The SMILES string of the molecule is Cc1cccnc1CN1CCC2(O)CCCCC2C1. The molecule has 1 saturated heterocycles. The van der Waals surface area contributed by atoms with Gasteiger partial charge in [-0.15, -0.1) is 0 Å². The third-order valence-corrected chi connectivity index (χ3v) is 5.00. The first-order chi connectivity index (χ1) is 9.17. The van der Waals surface area contributed by atoms with Gasteiger partial charge in [0, 0.05) is 31.7 Å². The number of aryl methyl sites for hydroxylation is 1. The molecule has 2 aliphatic rings. The summed E-state index contributed by atoms with van der Waals surface area (Å²) < 4.78 is 0. The fourth-order valence-electron chi connectivity index (χ4n) is 3.68. The molecule has 1 aliphatic heterocycles. The van der Waals surface area contributed by atoms with Crippen LogP contribution in [0.15, 0.2) is 18.3 Å². The standard InChI is InChI=1S/C16H24N2O/c1-13-5-4-9-17-15(13)12-18-10-8-16(19)7-3-2-6-14(16)11-18/h4-5,9,14,19H,2-3,6-8,10-12H2,1H3. The summed E-state index contributed by atoms with van der Waals surface area (Å²) in [4.78, 5) is 6.96. The molecule has 2 fully saturated rings. The van der Waals surface area contributed by atoms with Gasteiger partial charge in [-0.05, 0) is 37.8 Å². The smallest absolute Gasteiger partial charge is 0.0700 e. The van der Waals surface area contributed by atoms with Gasteiger partial charge in [-0.3, -0.25) is 9.88 Å². The molecule has 1 aliphatic carbocycles. The van der Waals surface area contributed by atoms with Gasteiger partial charge in [0.05, 0.1) is 11.3 Å². The fraction of sp³-hybridized carbons (Fsp3) is 0.688. The maximum atomic E-state index is 10.7. The number of fused-ring (bicyclic) bond motifs is 1. The number of rotatable bonds is 2. The minimum atomic E-state index is -0.367. The van der Waals surface area contributed by atoms with E-state index in [4.69, 9.17) is 0 Å². The highest BCUT2D eigenvalue weighted by atomic mass is 16.3. The van der Waals surface area contributed by atoms with Crippen molar-refractivity contribution in [1.82, 2.24) is 9.88 Å². The van der Waals surface area contributed by atoms with Crippen LogP contribution in [0, 0.1) is 12.8 Å². The Balaban J connectivity index is 1.67. The number of likely N-dealkylation sites (tertiary alicyclic amines) is 1. The van der Waals surface area contributed by atoms with Gasteiger partial charge in [-0.2, -0.15) is 0 Å². The van der Waals surface area contributed by atoms with Crippen LogP contribution in [-0.4, -0.2) is 33.7 Å². The van der Waals surface area contributed by atoms with E-state index in [9.17, 15) is 5.11 Å². The predicted octanol–water partition coefficient (Wildman–Crippen LogP) is 2.52. The molecule has 2 unspecified atom stereocenters. The number of nitrogens with zero attached hydrogens (tertiary/aromatic N) is 2. The average Bonchev–Trinajstić information content (AvgIpc) is 2.41. The van der Waals surface area contributed by atoms with Crippen LogP contribution >= 0.6 is 0 Å². The molecule has 1 saturated carbocycles. The molecule has 1 N–H and O–H groups in total. The highest BCUT2D eigenvalue weighted by molar-refractivity contribution is 5.17. The lowest BCUT2D eigenvalue weighted by Crippen LogP contribution is -2.53. The second-order valence-corrected chi connectivity index (χ2v) is 6.30. The normalized spacial score (nSPS) is 32.0. The summed E-state index contributed by atoms with van der Waals surface area (Å²) in [5.41, 5.74) is 2.09. The van der Waals surface area contributed by atoms with Gasteiger partial charge in [-0.1, -0.05) is 18.9 Å². The van der Waals surface area contributed by atoms with Gasteiger partial charge in [0.25, 0.3) is 0 Å². The monoisotopic (exact) mass is 260 g/mol. The Morgan fingerprint density at radius 1 is 1.42 bits per heavy atom. The number of pyridine rings is 1. The van der Waals surface area contributed by atoms with Crippen molar-refractivity contribution in [1.29, 1.82) is 0 Å². The van der Waals surface area contributed by atoms with Gasteiger partial charge in [-0.25, -0.2) is 0 Å². The van der Waals surface area contributed by atoms with Crippen molar-refractivity contribution >= 4 is 0 Å². The molecule has 1 aromatic rings. The molecular weight excluding hydrogens is 236 g/mol. The Morgan fingerprint density at radius 2 is 2.32 bits per heavy atom. The molecule has 2 atom stereocenters. The van der Waals surface area contributed by atoms with E-state index in [0.717, 1.165) is 32.5 Å². The summed E-state index contributed by atoms with van der Waals surface area (Å²) in [6.07, 6.45) is 7.49. The minimum Gasteiger partial charge on any atom is -0.390 e. The molecule has 3 nitrogen and oxygen atoms in total. The molecule has 0 aromatic carbocycles. The highest BCUT2D eigenvalue weighted by Gasteiger charge is 2.42. The summed E-state index contributed by atoms with van der Waals surface area (Å²) in [5, 5.41) is 10.7. The molecule has 3 heteroatoms. The molecule has 1 aromatic heterocycles. The first-order valence-corrected chi connectivity index (χ1v) is 7.53. The van der Waals surface area contributed by atoms with Crippen LogP contribution in [-0.2, 0) is 6.54 Å². The van der Waals surface area contributed by atoms with E-state index in [1.807, 2.05) is 12.3 Å². The highest BCUT2D eigenvalue weighted by Crippen LogP contribution is 2.39. The number of hydrogen-bond donors (Lipinski definition) is 1. The Morgan fingerprint density at radius 3 is 3.16 bits per heavy atom. The van der Waals surface area contributed by atoms with Crippen LogP contribution in [0.2, 0.25) is 0 Å². The van der Waals surface area contributed by atoms with E-state index < -0.39 is 0 Å². The number of hydrogen-bond acceptors (Lipinski definition) is 3. The number of aliphatic hydroxyl groups is 1. The Kier molecular flexibility index (Phi) is 3.59. The summed E-state index contributed by atoms with van der Waals surface area (Å²) in [6.45, 7) is 5.10. The molecule has 0 bridgehead atoms. The lowest BCUT2D eigenvalue weighted by molar-refractivity contribution is -0.0969. The average molecular weight is 260 g/mol. The zero-order chi connectivity index (χ0) is 13.3. The Labute approximate surface area is 115 Å². The van der Waals surface area contributed by atoms with E-state index in [1.165, 1.54) is 30.5 Å². The molecule has 19 heavy (non-hydrogen) atoms. The molecule has 0 amide bonds. The Hall–Kier alpha value is -0.930. The lowest BCUT2D eigenvalue weighted by atomic mass is 9.71. The van der Waals surface area contributed by atoms with Crippen molar-refractivity contribution in [3.8, 4) is 0 Å². The van der Waals surface area contributed by atoms with E-state index in [1.54, 1.807) is 0 Å². The van der Waals surface area contributed by atoms with Crippen molar-refractivity contribution in [3.63, 3.8) is 0 Å². The van der Waals surface area contributed by atoms with E-state index in [0.29, 0.717) is 5.92 Å². The number of aromatic nitrogens is 1. The first-order valence-electron chi connectivity index (χ1n) is 7.53. The van der Waals surface area contributed by atoms with Crippen LogP contribution in [0.4, 0.5) is 0 Å². The minimum absolute atomic E-state index is 0.367. The third-order valence-electron chi connectivity index (χ3n) is 5.00. The molecule has 2 heterocycles. The lowest BCUT2D eigenvalue weighted by Gasteiger charge is -2.47. The fourth-order valence-corrected chi connectivity index (χ4v) is 3.68. The zero-order valence-corrected chi connectivity index (χ0v) is 11.8. The van der Waals surface area contributed by atoms with E-state index >= 15 is 0 Å². The Bertz CT molecular complexity index is 448. The molecule has 0 spiro atoms. The van der Waals surface area contributed by atoms with Gasteiger partial charge in [0.1, 0.15) is 0 Å². The van der Waals surface area contributed by atoms with Crippen LogP contribution in [0.5, 0.6) is 0 Å². The van der Waals surface area contributed by atoms with Crippen LogP contribution in [0.1, 0.15) is 43.4 Å². The second-order valence-electron chi connectivity index (χ2n) is 6.30. The van der Waals surface area contributed by atoms with Gasteiger partial charge in [0.2, 0.25) is 0 Å².